The third-order valence-electron chi connectivity index (χ3n) is 2.73. The van der Waals surface area contributed by atoms with Crippen molar-refractivity contribution in [1.29, 1.82) is 0 Å². The van der Waals surface area contributed by atoms with Crippen LogP contribution in [0, 0.1) is 0 Å². The lowest BCUT2D eigenvalue weighted by atomic mass is 9.96. The van der Waals surface area contributed by atoms with Crippen molar-refractivity contribution < 1.29 is 8.81 Å². The molecule has 14 heavy (non-hydrogen) atoms. The normalized spacial score (nSPS) is 32.4. The second-order valence-corrected chi connectivity index (χ2v) is 4.87. The summed E-state index contributed by atoms with van der Waals surface area (Å²) >= 11 is 3.20. The Morgan fingerprint density at radius 3 is 3.00 bits per heavy atom. The number of hydrogen-bond donors (Lipinski definition) is 1. The average Bonchev–Trinajstić information content (AvgIpc) is 2.60. The smallest absolute Gasteiger partial charge is 0.169 e. The van der Waals surface area contributed by atoms with Gasteiger partial charge in [0, 0.05) is 12.5 Å². The van der Waals surface area contributed by atoms with Gasteiger partial charge in [-0.05, 0) is 46.8 Å². The molecule has 2 N–H and O–H groups in total. The summed E-state index contributed by atoms with van der Waals surface area (Å²) in [7, 11) is 0. The van der Waals surface area contributed by atoms with Crippen LogP contribution in [0.1, 0.15) is 24.8 Å². The molecular formula is C10H13BrFNO. The van der Waals surface area contributed by atoms with Crippen molar-refractivity contribution in [3.8, 4) is 0 Å². The van der Waals surface area contributed by atoms with Gasteiger partial charge in [-0.1, -0.05) is 0 Å². The molecule has 2 nitrogen and oxygen atoms in total. The molecular weight excluding hydrogens is 249 g/mol. The summed E-state index contributed by atoms with van der Waals surface area (Å²) in [5, 5.41) is 0. The van der Waals surface area contributed by atoms with Crippen LogP contribution in [0.2, 0.25) is 0 Å². The molecule has 1 aromatic rings. The number of alkyl halides is 1. The van der Waals surface area contributed by atoms with Gasteiger partial charge in [0.2, 0.25) is 0 Å². The lowest BCUT2D eigenvalue weighted by molar-refractivity contribution is 0.170. The van der Waals surface area contributed by atoms with E-state index in [9.17, 15) is 4.39 Å². The first-order valence-corrected chi connectivity index (χ1v) is 5.54. The Hall–Kier alpha value is -0.350. The highest BCUT2D eigenvalue weighted by Crippen LogP contribution is 2.36. The Balaban J connectivity index is 2.03. The van der Waals surface area contributed by atoms with Gasteiger partial charge in [-0.2, -0.15) is 0 Å². The molecule has 1 heterocycles. The SMILES string of the molecule is NC1CCC(F)(Cc2coc(Br)c2)C1. The van der Waals surface area contributed by atoms with Gasteiger partial charge in [0.1, 0.15) is 5.67 Å². The quantitative estimate of drug-likeness (QED) is 0.890. The van der Waals surface area contributed by atoms with E-state index in [-0.39, 0.29) is 6.04 Å². The predicted octanol–water partition coefficient (Wildman–Crippen LogP) is 2.80. The second kappa shape index (κ2) is 3.66. The minimum atomic E-state index is -1.12. The van der Waals surface area contributed by atoms with E-state index in [0.717, 1.165) is 12.0 Å². The van der Waals surface area contributed by atoms with E-state index in [2.05, 4.69) is 15.9 Å². The zero-order valence-corrected chi connectivity index (χ0v) is 9.39. The molecule has 1 aromatic heterocycles. The zero-order chi connectivity index (χ0) is 10.2. The Kier molecular flexibility index (Phi) is 2.66. The maximum absolute atomic E-state index is 14.1. The monoisotopic (exact) mass is 261 g/mol. The highest BCUT2D eigenvalue weighted by atomic mass is 79.9. The maximum Gasteiger partial charge on any atom is 0.169 e. The largest absolute Gasteiger partial charge is 0.457 e. The van der Waals surface area contributed by atoms with Crippen molar-refractivity contribution >= 4 is 15.9 Å². The molecule has 78 valence electrons. The van der Waals surface area contributed by atoms with Crippen LogP contribution in [0.25, 0.3) is 0 Å². The fourth-order valence-electron chi connectivity index (χ4n) is 2.08. The van der Waals surface area contributed by atoms with Crippen LogP contribution in [-0.4, -0.2) is 11.7 Å². The summed E-state index contributed by atoms with van der Waals surface area (Å²) in [5.41, 5.74) is 5.47. The summed E-state index contributed by atoms with van der Waals surface area (Å²) in [5.74, 6) is 0. The van der Waals surface area contributed by atoms with Crippen molar-refractivity contribution in [1.82, 2.24) is 0 Å². The van der Waals surface area contributed by atoms with E-state index >= 15 is 0 Å². The van der Waals surface area contributed by atoms with Crippen molar-refractivity contribution in [3.63, 3.8) is 0 Å². The summed E-state index contributed by atoms with van der Waals surface area (Å²) in [6, 6.07) is 1.83. The number of rotatable bonds is 2. The molecule has 0 bridgehead atoms. The van der Waals surface area contributed by atoms with E-state index in [1.807, 2.05) is 6.07 Å². The first kappa shape index (κ1) is 10.2. The molecule has 0 aromatic carbocycles. The van der Waals surface area contributed by atoms with Crippen molar-refractivity contribution in [2.45, 2.75) is 37.4 Å². The van der Waals surface area contributed by atoms with Crippen LogP contribution in [0.15, 0.2) is 21.4 Å². The molecule has 1 aliphatic rings. The fraction of sp³-hybridized carbons (Fsp3) is 0.600. The molecule has 0 amide bonds. The molecule has 1 aliphatic carbocycles. The number of hydrogen-bond acceptors (Lipinski definition) is 2. The van der Waals surface area contributed by atoms with E-state index in [4.69, 9.17) is 10.2 Å². The molecule has 0 spiro atoms. The molecule has 1 fully saturated rings. The summed E-state index contributed by atoms with van der Waals surface area (Å²) in [6.07, 6.45) is 3.83. The zero-order valence-electron chi connectivity index (χ0n) is 7.80. The van der Waals surface area contributed by atoms with Gasteiger partial charge in [-0.25, -0.2) is 4.39 Å². The highest BCUT2D eigenvalue weighted by Gasteiger charge is 2.38. The first-order chi connectivity index (χ1) is 6.57. The average molecular weight is 262 g/mol. The number of nitrogens with two attached hydrogens (primary N) is 1. The summed E-state index contributed by atoms with van der Waals surface area (Å²) in [4.78, 5) is 0. The molecule has 1 saturated carbocycles. The van der Waals surface area contributed by atoms with E-state index in [1.165, 1.54) is 0 Å². The highest BCUT2D eigenvalue weighted by molar-refractivity contribution is 9.10. The van der Waals surface area contributed by atoms with Crippen LogP contribution >= 0.6 is 15.9 Å². The first-order valence-electron chi connectivity index (χ1n) is 4.75. The fourth-order valence-corrected chi connectivity index (χ4v) is 2.47. The maximum atomic E-state index is 14.1. The molecule has 2 unspecified atom stereocenters. The van der Waals surface area contributed by atoms with Crippen molar-refractivity contribution in [2.24, 2.45) is 5.73 Å². The van der Waals surface area contributed by atoms with Crippen molar-refractivity contribution in [2.75, 3.05) is 0 Å². The molecule has 2 atom stereocenters. The van der Waals surface area contributed by atoms with Gasteiger partial charge in [-0.3, -0.25) is 0 Å². The number of furan rings is 1. The van der Waals surface area contributed by atoms with E-state index < -0.39 is 5.67 Å². The van der Waals surface area contributed by atoms with Crippen molar-refractivity contribution in [3.05, 3.63) is 22.6 Å². The van der Waals surface area contributed by atoms with Gasteiger partial charge < -0.3 is 10.2 Å². The number of halogens is 2. The van der Waals surface area contributed by atoms with Crippen LogP contribution in [0.3, 0.4) is 0 Å². The third kappa shape index (κ3) is 2.17. The minimum Gasteiger partial charge on any atom is -0.457 e. The predicted molar refractivity (Wildman–Crippen MR) is 55.8 cm³/mol. The third-order valence-corrected chi connectivity index (χ3v) is 3.15. The molecule has 0 aliphatic heterocycles. The van der Waals surface area contributed by atoms with Gasteiger partial charge in [0.05, 0.1) is 6.26 Å². The summed E-state index contributed by atoms with van der Waals surface area (Å²) in [6.45, 7) is 0. The van der Waals surface area contributed by atoms with Crippen LogP contribution in [0.5, 0.6) is 0 Å². The second-order valence-electron chi connectivity index (χ2n) is 4.09. The van der Waals surface area contributed by atoms with Crippen LogP contribution < -0.4 is 5.73 Å². The lowest BCUT2D eigenvalue weighted by Crippen LogP contribution is -2.25. The Bertz CT molecular complexity index is 328. The van der Waals surface area contributed by atoms with Crippen LogP contribution in [0.4, 0.5) is 4.39 Å². The van der Waals surface area contributed by atoms with Gasteiger partial charge >= 0.3 is 0 Å². The molecule has 0 radical (unpaired) electrons. The van der Waals surface area contributed by atoms with Crippen LogP contribution in [-0.2, 0) is 6.42 Å². The van der Waals surface area contributed by atoms with Gasteiger partial charge in [-0.15, -0.1) is 0 Å². The van der Waals surface area contributed by atoms with E-state index in [1.54, 1.807) is 6.26 Å². The van der Waals surface area contributed by atoms with Gasteiger partial charge in [0.25, 0.3) is 0 Å². The van der Waals surface area contributed by atoms with E-state index in [0.29, 0.717) is 23.9 Å². The summed E-state index contributed by atoms with van der Waals surface area (Å²) < 4.78 is 19.8. The Morgan fingerprint density at radius 1 is 1.71 bits per heavy atom. The molecule has 4 heteroatoms. The van der Waals surface area contributed by atoms with Gasteiger partial charge in [0.15, 0.2) is 4.67 Å². The lowest BCUT2D eigenvalue weighted by Gasteiger charge is -2.17. The standard InChI is InChI=1S/C10H13BrFNO/c11-9-3-7(6-14-9)4-10(12)2-1-8(13)5-10/h3,6,8H,1-2,4-5,13H2. The molecule has 2 rings (SSSR count). The Labute approximate surface area is 90.8 Å². The molecule has 0 saturated heterocycles. The Morgan fingerprint density at radius 2 is 2.50 bits per heavy atom. The topological polar surface area (TPSA) is 39.2 Å². The minimum absolute atomic E-state index is 0.0235.